The van der Waals surface area contributed by atoms with Gasteiger partial charge in [-0.15, -0.1) is 0 Å². The lowest BCUT2D eigenvalue weighted by Gasteiger charge is -2.48. The number of likely N-dealkylation sites (tertiary alicyclic amines) is 1. The van der Waals surface area contributed by atoms with Gasteiger partial charge in [-0.05, 0) is 53.8 Å². The number of piperidine rings is 1. The van der Waals surface area contributed by atoms with Gasteiger partial charge >= 0.3 is 5.97 Å². The van der Waals surface area contributed by atoms with Crippen molar-refractivity contribution in [2.24, 2.45) is 0 Å². The maximum Gasteiger partial charge on any atom is 0.325 e. The van der Waals surface area contributed by atoms with Crippen molar-refractivity contribution < 1.29 is 14.6 Å². The van der Waals surface area contributed by atoms with Crippen LogP contribution < -0.4 is 0 Å². The van der Waals surface area contributed by atoms with Gasteiger partial charge in [-0.25, -0.2) is 0 Å². The minimum absolute atomic E-state index is 0.141. The molecule has 2 heterocycles. The molecule has 1 aliphatic heterocycles. The Labute approximate surface area is 224 Å². The first kappa shape index (κ1) is 25.7. The number of carbonyl (C=O) groups excluding carboxylic acids is 1. The molecule has 4 aromatic rings. The van der Waals surface area contributed by atoms with Crippen LogP contribution in [0.1, 0.15) is 35.7 Å². The van der Waals surface area contributed by atoms with E-state index < -0.39 is 11.6 Å². The van der Waals surface area contributed by atoms with Gasteiger partial charge in [-0.1, -0.05) is 91.0 Å². The fourth-order valence-electron chi connectivity index (χ4n) is 5.62. The van der Waals surface area contributed by atoms with Gasteiger partial charge in [0.15, 0.2) is 0 Å². The fourth-order valence-corrected chi connectivity index (χ4v) is 5.62. The zero-order valence-electron chi connectivity index (χ0n) is 21.7. The Morgan fingerprint density at radius 1 is 0.895 bits per heavy atom. The van der Waals surface area contributed by atoms with Gasteiger partial charge in [0.1, 0.15) is 6.54 Å². The molecule has 194 valence electrons. The Hall–Kier alpha value is -3.93. The van der Waals surface area contributed by atoms with Crippen LogP contribution in [0.25, 0.3) is 6.08 Å². The smallest absolute Gasteiger partial charge is 0.325 e. The van der Waals surface area contributed by atoms with E-state index in [9.17, 15) is 9.90 Å². The molecule has 5 rings (SSSR count). The number of benzene rings is 3. The van der Waals surface area contributed by atoms with Crippen molar-refractivity contribution in [2.75, 3.05) is 19.7 Å². The molecule has 1 aromatic heterocycles. The van der Waals surface area contributed by atoms with E-state index in [-0.39, 0.29) is 12.5 Å². The van der Waals surface area contributed by atoms with Crippen molar-refractivity contribution in [1.82, 2.24) is 9.47 Å². The van der Waals surface area contributed by atoms with Gasteiger partial charge in [0.2, 0.25) is 0 Å². The highest BCUT2D eigenvalue weighted by atomic mass is 16.5. The lowest BCUT2D eigenvalue weighted by Crippen LogP contribution is -2.52. The van der Waals surface area contributed by atoms with E-state index in [1.54, 1.807) is 0 Å². The molecule has 1 N–H and O–H groups in total. The molecule has 1 aliphatic rings. The van der Waals surface area contributed by atoms with E-state index >= 15 is 0 Å². The molecule has 1 fully saturated rings. The molecule has 1 atom stereocenters. The largest absolute Gasteiger partial charge is 0.465 e. The highest BCUT2D eigenvalue weighted by molar-refractivity contribution is 5.70. The number of carbonyl (C=O) groups is 1. The van der Waals surface area contributed by atoms with E-state index in [0.717, 1.165) is 17.8 Å². The zero-order chi connectivity index (χ0) is 26.4. The molecular weight excluding hydrogens is 472 g/mol. The molecule has 0 spiro atoms. The Balaban J connectivity index is 1.61. The second-order valence-corrected chi connectivity index (χ2v) is 9.62. The van der Waals surface area contributed by atoms with Crippen LogP contribution in [-0.4, -0.2) is 46.3 Å². The monoisotopic (exact) mass is 506 g/mol. The van der Waals surface area contributed by atoms with E-state index in [0.29, 0.717) is 19.6 Å². The number of hydrogen-bond donors (Lipinski definition) is 1. The molecule has 0 bridgehead atoms. The highest BCUT2D eigenvalue weighted by Crippen LogP contribution is 2.44. The summed E-state index contributed by atoms with van der Waals surface area (Å²) in [6.07, 6.45) is 3.95. The molecule has 1 saturated heterocycles. The van der Waals surface area contributed by atoms with E-state index in [1.165, 1.54) is 16.7 Å². The molecule has 0 amide bonds. The lowest BCUT2D eigenvalue weighted by atomic mass is 9.74. The highest BCUT2D eigenvalue weighted by Gasteiger charge is 2.44. The van der Waals surface area contributed by atoms with Crippen molar-refractivity contribution in [3.05, 3.63) is 137 Å². The van der Waals surface area contributed by atoms with Gasteiger partial charge in [0.05, 0.1) is 18.2 Å². The molecule has 1 unspecified atom stereocenters. The number of aliphatic hydroxyl groups is 1. The maximum atomic E-state index is 12.2. The predicted molar refractivity (Wildman–Crippen MR) is 150 cm³/mol. The van der Waals surface area contributed by atoms with Crippen LogP contribution in [0.15, 0.2) is 115 Å². The second kappa shape index (κ2) is 11.6. The number of rotatable bonds is 8. The molecule has 0 radical (unpaired) electrons. The number of aromatic nitrogens is 1. The first-order chi connectivity index (χ1) is 18.6. The minimum Gasteiger partial charge on any atom is -0.465 e. The number of hydrogen-bond acceptors (Lipinski definition) is 4. The van der Waals surface area contributed by atoms with Gasteiger partial charge in [-0.2, -0.15) is 0 Å². The maximum absolute atomic E-state index is 12.2. The molecular formula is C33H34N2O3. The Morgan fingerprint density at radius 2 is 1.45 bits per heavy atom. The fraction of sp³-hybridized carbons (Fsp3) is 0.242. The summed E-state index contributed by atoms with van der Waals surface area (Å²) < 4.78 is 7.02. The third-order valence-electron chi connectivity index (χ3n) is 7.33. The summed E-state index contributed by atoms with van der Waals surface area (Å²) in [6, 6.07) is 35.7. The second-order valence-electron chi connectivity index (χ2n) is 9.62. The summed E-state index contributed by atoms with van der Waals surface area (Å²) in [6.45, 7) is 3.60. The van der Waals surface area contributed by atoms with Crippen molar-refractivity contribution in [2.45, 2.75) is 31.5 Å². The quantitative estimate of drug-likeness (QED) is 0.254. The van der Waals surface area contributed by atoms with E-state index in [1.807, 2.05) is 54.1 Å². The van der Waals surface area contributed by atoms with Crippen LogP contribution in [0.5, 0.6) is 0 Å². The standard InChI is InChI=1S/C33H34N2O3/c1-2-38-32(37)25-34-21-12-19-30(34)23-26-24-35(22-20-31(26)36)33(27-13-6-3-7-14-27,28-15-8-4-9-16-28)29-17-10-5-11-18-29/h3-19,21,23,31,36H,2,20,22,24-25H2,1H3. The summed E-state index contributed by atoms with van der Waals surface area (Å²) in [5.41, 5.74) is 4.79. The third-order valence-corrected chi connectivity index (χ3v) is 7.33. The number of ether oxygens (including phenoxy) is 1. The molecule has 5 heteroatoms. The van der Waals surface area contributed by atoms with E-state index in [2.05, 4.69) is 77.7 Å². The third kappa shape index (κ3) is 5.08. The average molecular weight is 507 g/mol. The van der Waals surface area contributed by atoms with Crippen LogP contribution >= 0.6 is 0 Å². The molecule has 3 aromatic carbocycles. The van der Waals surface area contributed by atoms with Crippen LogP contribution in [0.3, 0.4) is 0 Å². The van der Waals surface area contributed by atoms with Crippen molar-refractivity contribution in [3.63, 3.8) is 0 Å². The summed E-state index contributed by atoms with van der Waals surface area (Å²) in [4.78, 5) is 14.6. The molecule has 5 nitrogen and oxygen atoms in total. The molecule has 38 heavy (non-hydrogen) atoms. The number of nitrogens with zero attached hydrogens (tertiary/aromatic N) is 2. The zero-order valence-corrected chi connectivity index (χ0v) is 21.7. The van der Waals surface area contributed by atoms with Crippen molar-refractivity contribution in [3.8, 4) is 0 Å². The summed E-state index contributed by atoms with van der Waals surface area (Å²) in [7, 11) is 0. The topological polar surface area (TPSA) is 54.7 Å². The van der Waals surface area contributed by atoms with Gasteiger partial charge in [0, 0.05) is 25.0 Å². The summed E-state index contributed by atoms with van der Waals surface area (Å²) >= 11 is 0. The summed E-state index contributed by atoms with van der Waals surface area (Å²) in [5.74, 6) is -0.273. The van der Waals surface area contributed by atoms with Gasteiger partial charge < -0.3 is 14.4 Å². The number of esters is 1. The van der Waals surface area contributed by atoms with Crippen LogP contribution in [0, 0.1) is 0 Å². The molecule has 0 saturated carbocycles. The van der Waals surface area contributed by atoms with Gasteiger partial charge in [0.25, 0.3) is 0 Å². The lowest BCUT2D eigenvalue weighted by molar-refractivity contribution is -0.143. The van der Waals surface area contributed by atoms with Gasteiger partial charge in [-0.3, -0.25) is 9.69 Å². The minimum atomic E-state index is -0.558. The summed E-state index contributed by atoms with van der Waals surface area (Å²) in [5, 5.41) is 11.1. The Bertz CT molecular complexity index is 1270. The predicted octanol–water partition coefficient (Wildman–Crippen LogP) is 5.49. The van der Waals surface area contributed by atoms with Crippen LogP contribution in [0.2, 0.25) is 0 Å². The SMILES string of the molecule is CCOC(=O)Cn1cccc1C=C1CN(C(c2ccccc2)(c2ccccc2)c2ccccc2)CCC1O. The van der Waals surface area contributed by atoms with Crippen LogP contribution in [0.4, 0.5) is 0 Å². The van der Waals surface area contributed by atoms with Crippen molar-refractivity contribution >= 4 is 12.0 Å². The average Bonchev–Trinajstić information content (AvgIpc) is 3.39. The first-order valence-corrected chi connectivity index (χ1v) is 13.2. The van der Waals surface area contributed by atoms with Crippen LogP contribution in [-0.2, 0) is 21.6 Å². The first-order valence-electron chi connectivity index (χ1n) is 13.2. The van der Waals surface area contributed by atoms with E-state index in [4.69, 9.17) is 4.74 Å². The number of aliphatic hydroxyl groups excluding tert-OH is 1. The Morgan fingerprint density at radius 3 is 1.97 bits per heavy atom. The Kier molecular flexibility index (Phi) is 7.87. The molecule has 0 aliphatic carbocycles. The normalized spacial score (nSPS) is 17.4. The van der Waals surface area contributed by atoms with Crippen molar-refractivity contribution in [1.29, 1.82) is 0 Å².